The van der Waals surface area contributed by atoms with Crippen LogP contribution in [-0.4, -0.2) is 16.5 Å². The molecule has 1 heterocycles. The molecule has 0 spiro atoms. The molecule has 31 heavy (non-hydrogen) atoms. The molecule has 1 aliphatic heterocycles. The van der Waals surface area contributed by atoms with Crippen molar-refractivity contribution < 1.29 is 9.72 Å². The third-order valence-corrected chi connectivity index (χ3v) is 6.07. The zero-order valence-electron chi connectivity index (χ0n) is 17.8. The molecule has 158 valence electrons. The van der Waals surface area contributed by atoms with Crippen molar-refractivity contribution in [3.8, 4) is 0 Å². The minimum absolute atomic E-state index is 0.0136. The number of non-ortho nitro benzene ring substituents is 1. The number of rotatable bonds is 3. The van der Waals surface area contributed by atoms with Crippen molar-refractivity contribution in [2.75, 3.05) is 10.2 Å². The number of hydrogen-bond acceptors (Lipinski definition) is 3. The van der Waals surface area contributed by atoms with Gasteiger partial charge in [-0.1, -0.05) is 55.5 Å². The summed E-state index contributed by atoms with van der Waals surface area (Å²) in [6.45, 7) is 6.37. The van der Waals surface area contributed by atoms with Gasteiger partial charge in [0, 0.05) is 28.8 Å². The Morgan fingerprint density at radius 3 is 2.19 bits per heavy atom. The summed E-state index contributed by atoms with van der Waals surface area (Å²) in [6.07, 6.45) is 0.745. The Hall–Kier alpha value is -3.67. The van der Waals surface area contributed by atoms with Gasteiger partial charge >= 0.3 is 6.03 Å². The third-order valence-electron chi connectivity index (χ3n) is 6.07. The molecule has 0 aromatic heterocycles. The molecule has 0 radical (unpaired) electrons. The Morgan fingerprint density at radius 1 is 0.935 bits per heavy atom. The van der Waals surface area contributed by atoms with Gasteiger partial charge in [0.05, 0.1) is 10.6 Å². The molecular weight excluding hydrogens is 390 g/mol. The molecule has 3 aromatic carbocycles. The van der Waals surface area contributed by atoms with Crippen molar-refractivity contribution in [1.82, 2.24) is 0 Å². The highest BCUT2D eigenvalue weighted by atomic mass is 16.6. The summed E-state index contributed by atoms with van der Waals surface area (Å²) in [5.74, 6) is 0. The van der Waals surface area contributed by atoms with E-state index in [0.717, 1.165) is 17.7 Å². The minimum Gasteiger partial charge on any atom is -0.308 e. The van der Waals surface area contributed by atoms with Gasteiger partial charge in [0.15, 0.2) is 0 Å². The first-order chi connectivity index (χ1) is 14.7. The van der Waals surface area contributed by atoms with Crippen LogP contribution in [0.2, 0.25) is 0 Å². The first kappa shape index (κ1) is 20.6. The lowest BCUT2D eigenvalue weighted by Gasteiger charge is -2.51. The third kappa shape index (κ3) is 3.65. The summed E-state index contributed by atoms with van der Waals surface area (Å²) in [5, 5.41) is 13.8. The predicted octanol–water partition coefficient (Wildman–Crippen LogP) is 6.12. The molecule has 4 rings (SSSR count). The van der Waals surface area contributed by atoms with Gasteiger partial charge in [-0.05, 0) is 49.6 Å². The summed E-state index contributed by atoms with van der Waals surface area (Å²) < 4.78 is 0. The Labute approximate surface area is 181 Å². The standard InChI is InChI=1S/C25H25N3O3/c1-24(2)17-25(3,18-9-5-4-6-10-18)21-11-7-8-12-22(21)27(24)23(29)26-19-13-15-20(16-14-19)28(30)31/h4-16H,17H2,1-3H3,(H,26,29). The molecule has 3 aromatic rings. The summed E-state index contributed by atoms with van der Waals surface area (Å²) in [4.78, 5) is 25.6. The van der Waals surface area contributed by atoms with Crippen LogP contribution in [-0.2, 0) is 5.41 Å². The van der Waals surface area contributed by atoms with Crippen LogP contribution in [0.5, 0.6) is 0 Å². The van der Waals surface area contributed by atoms with Crippen LogP contribution >= 0.6 is 0 Å². The van der Waals surface area contributed by atoms with E-state index in [-0.39, 0.29) is 17.1 Å². The van der Waals surface area contributed by atoms with Crippen LogP contribution in [0.1, 0.15) is 38.3 Å². The highest BCUT2D eigenvalue weighted by Crippen LogP contribution is 2.50. The zero-order chi connectivity index (χ0) is 22.2. The maximum absolute atomic E-state index is 13.4. The van der Waals surface area contributed by atoms with Gasteiger partial charge < -0.3 is 5.32 Å². The van der Waals surface area contributed by atoms with E-state index in [1.165, 1.54) is 17.7 Å². The van der Waals surface area contributed by atoms with Crippen LogP contribution in [0.15, 0.2) is 78.9 Å². The normalized spacial score (nSPS) is 19.4. The van der Waals surface area contributed by atoms with Gasteiger partial charge in [0.25, 0.3) is 5.69 Å². The Bertz CT molecular complexity index is 1130. The molecule has 1 N–H and O–H groups in total. The maximum Gasteiger partial charge on any atom is 0.326 e. The summed E-state index contributed by atoms with van der Waals surface area (Å²) in [7, 11) is 0. The molecular formula is C25H25N3O3. The number of nitro benzene ring substituents is 1. The van der Waals surface area contributed by atoms with Gasteiger partial charge in [-0.2, -0.15) is 0 Å². The molecule has 2 amide bonds. The Balaban J connectivity index is 1.73. The lowest BCUT2D eigenvalue weighted by atomic mass is 9.65. The first-order valence-corrected chi connectivity index (χ1v) is 10.2. The first-order valence-electron chi connectivity index (χ1n) is 10.2. The van der Waals surface area contributed by atoms with E-state index in [9.17, 15) is 14.9 Å². The summed E-state index contributed by atoms with van der Waals surface area (Å²) in [6, 6.07) is 24.0. The fourth-order valence-corrected chi connectivity index (χ4v) is 4.79. The summed E-state index contributed by atoms with van der Waals surface area (Å²) in [5.41, 5.74) is 2.96. The topological polar surface area (TPSA) is 75.5 Å². The Morgan fingerprint density at radius 2 is 1.55 bits per heavy atom. The molecule has 0 fully saturated rings. The van der Waals surface area contributed by atoms with Gasteiger partial charge in [0.1, 0.15) is 0 Å². The van der Waals surface area contributed by atoms with Crippen LogP contribution in [0.25, 0.3) is 0 Å². The molecule has 0 saturated heterocycles. The molecule has 0 aliphatic carbocycles. The van der Waals surface area contributed by atoms with Gasteiger partial charge in [0.2, 0.25) is 0 Å². The number of carbonyl (C=O) groups excluding carboxylic acids is 1. The van der Waals surface area contributed by atoms with Crippen LogP contribution in [0, 0.1) is 10.1 Å². The second kappa shape index (κ2) is 7.54. The van der Waals surface area contributed by atoms with Crippen molar-refractivity contribution in [3.05, 3.63) is 100 Å². The van der Waals surface area contributed by atoms with Crippen LogP contribution in [0.4, 0.5) is 21.9 Å². The number of nitro groups is 1. The SMILES string of the molecule is CC1(c2ccccc2)CC(C)(C)N(C(=O)Nc2ccc([N+](=O)[O-])cc2)c2ccccc21. The molecule has 6 heteroatoms. The van der Waals surface area contributed by atoms with Gasteiger partial charge in [-0.3, -0.25) is 15.0 Å². The molecule has 1 unspecified atom stereocenters. The van der Waals surface area contributed by atoms with E-state index in [1.54, 1.807) is 17.0 Å². The number of nitrogens with zero attached hydrogens (tertiary/aromatic N) is 2. The van der Waals surface area contributed by atoms with Crippen LogP contribution in [0.3, 0.4) is 0 Å². The lowest BCUT2D eigenvalue weighted by molar-refractivity contribution is -0.384. The number of fused-ring (bicyclic) bond motifs is 1. The van der Waals surface area contributed by atoms with E-state index >= 15 is 0 Å². The highest BCUT2D eigenvalue weighted by molar-refractivity contribution is 6.04. The molecule has 0 bridgehead atoms. The van der Waals surface area contributed by atoms with Crippen LogP contribution < -0.4 is 10.2 Å². The van der Waals surface area contributed by atoms with E-state index in [2.05, 4.69) is 44.3 Å². The maximum atomic E-state index is 13.4. The summed E-state index contributed by atoms with van der Waals surface area (Å²) >= 11 is 0. The number of nitrogens with one attached hydrogen (secondary N) is 1. The molecule has 1 aliphatic rings. The number of carbonyl (C=O) groups is 1. The Kier molecular flexibility index (Phi) is 5.01. The second-order valence-corrected chi connectivity index (χ2v) is 8.77. The van der Waals surface area contributed by atoms with E-state index in [4.69, 9.17) is 0 Å². The number of benzene rings is 3. The van der Waals surface area contributed by atoms with Gasteiger partial charge in [-0.15, -0.1) is 0 Å². The van der Waals surface area contributed by atoms with Crippen molar-refractivity contribution >= 4 is 23.1 Å². The average Bonchev–Trinajstić information content (AvgIpc) is 2.74. The fraction of sp³-hybridized carbons (Fsp3) is 0.240. The van der Waals surface area contributed by atoms with Crippen molar-refractivity contribution in [2.45, 2.75) is 38.1 Å². The second-order valence-electron chi connectivity index (χ2n) is 8.77. The molecule has 1 atom stereocenters. The average molecular weight is 415 g/mol. The smallest absolute Gasteiger partial charge is 0.308 e. The number of anilines is 2. The quantitative estimate of drug-likeness (QED) is 0.413. The highest BCUT2D eigenvalue weighted by Gasteiger charge is 2.47. The number of para-hydroxylation sites is 1. The van der Waals surface area contributed by atoms with Crippen molar-refractivity contribution in [1.29, 1.82) is 0 Å². The molecule has 0 saturated carbocycles. The largest absolute Gasteiger partial charge is 0.326 e. The number of hydrogen-bond donors (Lipinski definition) is 1. The molecule has 6 nitrogen and oxygen atoms in total. The van der Waals surface area contributed by atoms with E-state index < -0.39 is 10.5 Å². The predicted molar refractivity (Wildman–Crippen MR) is 123 cm³/mol. The van der Waals surface area contributed by atoms with Gasteiger partial charge in [-0.25, -0.2) is 4.79 Å². The van der Waals surface area contributed by atoms with Crippen molar-refractivity contribution in [3.63, 3.8) is 0 Å². The number of amides is 2. The monoisotopic (exact) mass is 415 g/mol. The minimum atomic E-state index is -0.468. The van der Waals surface area contributed by atoms with E-state index in [0.29, 0.717) is 5.69 Å². The zero-order valence-corrected chi connectivity index (χ0v) is 17.8. The van der Waals surface area contributed by atoms with E-state index in [1.807, 2.05) is 36.4 Å². The number of urea groups is 1. The van der Waals surface area contributed by atoms with Crippen molar-refractivity contribution in [2.24, 2.45) is 0 Å². The fourth-order valence-electron chi connectivity index (χ4n) is 4.79. The lowest BCUT2D eigenvalue weighted by Crippen LogP contribution is -2.57.